The van der Waals surface area contributed by atoms with E-state index in [1.165, 1.54) is 5.56 Å². The lowest BCUT2D eigenvalue weighted by Crippen LogP contribution is -2.45. The molecular formula is C15H25N3O. The van der Waals surface area contributed by atoms with Gasteiger partial charge in [-0.05, 0) is 45.7 Å². The molecule has 0 saturated heterocycles. The molecule has 4 heteroatoms. The summed E-state index contributed by atoms with van der Waals surface area (Å²) in [6.45, 7) is 8.88. The fraction of sp³-hybridized carbons (Fsp3) is 0.533. The number of aliphatic imine (C=N–C) groups is 1. The molecule has 106 valence electrons. The summed E-state index contributed by atoms with van der Waals surface area (Å²) in [4.78, 5) is 4.34. The summed E-state index contributed by atoms with van der Waals surface area (Å²) >= 11 is 0. The Hall–Kier alpha value is -1.71. The van der Waals surface area contributed by atoms with E-state index in [1.54, 1.807) is 7.11 Å². The lowest BCUT2D eigenvalue weighted by molar-refractivity contribution is 0.409. The third kappa shape index (κ3) is 5.64. The van der Waals surface area contributed by atoms with Gasteiger partial charge < -0.3 is 15.8 Å². The maximum Gasteiger partial charge on any atom is 0.188 e. The number of guanidine groups is 1. The molecule has 0 aliphatic rings. The predicted octanol–water partition coefficient (Wildman–Crippen LogP) is 2.25. The summed E-state index contributed by atoms with van der Waals surface area (Å²) in [5, 5.41) is 3.14. The van der Waals surface area contributed by atoms with E-state index >= 15 is 0 Å². The number of aryl methyl sites for hydroxylation is 1. The molecule has 0 aliphatic heterocycles. The highest BCUT2D eigenvalue weighted by Crippen LogP contribution is 2.20. The van der Waals surface area contributed by atoms with Crippen molar-refractivity contribution in [2.24, 2.45) is 10.7 Å². The lowest BCUT2D eigenvalue weighted by Gasteiger charge is -2.21. The molecule has 0 bridgehead atoms. The van der Waals surface area contributed by atoms with Crippen LogP contribution >= 0.6 is 0 Å². The second-order valence-electron chi connectivity index (χ2n) is 5.71. The molecule has 1 aromatic rings. The van der Waals surface area contributed by atoms with E-state index < -0.39 is 0 Å². The van der Waals surface area contributed by atoms with Gasteiger partial charge in [0.2, 0.25) is 0 Å². The smallest absolute Gasteiger partial charge is 0.188 e. The van der Waals surface area contributed by atoms with Gasteiger partial charge in [0, 0.05) is 12.1 Å². The van der Waals surface area contributed by atoms with Crippen molar-refractivity contribution < 1.29 is 4.74 Å². The Kier molecular flexibility index (Phi) is 5.21. The van der Waals surface area contributed by atoms with Crippen molar-refractivity contribution in [3.63, 3.8) is 0 Å². The minimum absolute atomic E-state index is 0.0609. The molecular weight excluding hydrogens is 238 g/mol. The van der Waals surface area contributed by atoms with Crippen molar-refractivity contribution in [2.75, 3.05) is 13.7 Å². The van der Waals surface area contributed by atoms with Crippen molar-refractivity contribution >= 4 is 5.96 Å². The molecule has 0 fully saturated rings. The molecule has 0 saturated carbocycles. The third-order valence-electron chi connectivity index (χ3n) is 2.60. The van der Waals surface area contributed by atoms with Crippen LogP contribution in [0.5, 0.6) is 5.75 Å². The Morgan fingerprint density at radius 2 is 2.05 bits per heavy atom. The molecule has 0 radical (unpaired) electrons. The van der Waals surface area contributed by atoms with Crippen LogP contribution in [0, 0.1) is 6.92 Å². The highest BCUT2D eigenvalue weighted by molar-refractivity contribution is 5.78. The Bertz CT molecular complexity index is 447. The first-order valence-electron chi connectivity index (χ1n) is 6.53. The number of ether oxygens (including phenoxy) is 1. The number of hydrogen-bond acceptors (Lipinski definition) is 2. The van der Waals surface area contributed by atoms with E-state index in [1.807, 2.05) is 12.1 Å². The fourth-order valence-corrected chi connectivity index (χ4v) is 1.82. The van der Waals surface area contributed by atoms with Gasteiger partial charge in [0.25, 0.3) is 0 Å². The number of benzene rings is 1. The lowest BCUT2D eigenvalue weighted by atomic mass is 10.1. The molecule has 0 unspecified atom stereocenters. The maximum absolute atomic E-state index is 5.83. The molecule has 0 atom stereocenters. The Morgan fingerprint density at radius 1 is 1.37 bits per heavy atom. The quantitative estimate of drug-likeness (QED) is 0.647. The zero-order chi connectivity index (χ0) is 14.5. The average molecular weight is 263 g/mol. The van der Waals surface area contributed by atoms with Crippen LogP contribution in [0.3, 0.4) is 0 Å². The van der Waals surface area contributed by atoms with Crippen molar-refractivity contribution in [1.29, 1.82) is 0 Å². The zero-order valence-corrected chi connectivity index (χ0v) is 12.6. The maximum atomic E-state index is 5.83. The molecule has 0 heterocycles. The number of hydrogen-bond donors (Lipinski definition) is 2. The number of rotatable bonds is 4. The van der Waals surface area contributed by atoms with E-state index in [4.69, 9.17) is 10.5 Å². The molecule has 1 rings (SSSR count). The normalized spacial score (nSPS) is 12.4. The number of nitrogens with two attached hydrogens (primary N) is 1. The monoisotopic (exact) mass is 263 g/mol. The first-order chi connectivity index (χ1) is 8.81. The largest absolute Gasteiger partial charge is 0.496 e. The minimum atomic E-state index is -0.0609. The van der Waals surface area contributed by atoms with Crippen LogP contribution in [0.25, 0.3) is 0 Å². The summed E-state index contributed by atoms with van der Waals surface area (Å²) in [6.07, 6.45) is 0.817. The van der Waals surface area contributed by atoms with E-state index in [-0.39, 0.29) is 5.54 Å². The van der Waals surface area contributed by atoms with Gasteiger partial charge in [-0.3, -0.25) is 4.99 Å². The van der Waals surface area contributed by atoms with Gasteiger partial charge in [-0.15, -0.1) is 0 Å². The van der Waals surface area contributed by atoms with E-state index in [0.29, 0.717) is 12.5 Å². The standard InChI is InChI=1S/C15H25N3O/c1-11-6-7-13(19-5)12(10-11)8-9-17-14(16)18-15(2,3)4/h6-7,10H,8-9H2,1-5H3,(H3,16,17,18). The summed E-state index contributed by atoms with van der Waals surface area (Å²) in [6, 6.07) is 6.16. The van der Waals surface area contributed by atoms with Crippen LogP contribution in [-0.4, -0.2) is 25.2 Å². The van der Waals surface area contributed by atoms with Crippen LogP contribution in [0.4, 0.5) is 0 Å². The Morgan fingerprint density at radius 3 is 2.63 bits per heavy atom. The molecule has 4 nitrogen and oxygen atoms in total. The summed E-state index contributed by atoms with van der Waals surface area (Å²) < 4.78 is 5.34. The summed E-state index contributed by atoms with van der Waals surface area (Å²) in [7, 11) is 1.69. The molecule has 0 aliphatic carbocycles. The summed E-state index contributed by atoms with van der Waals surface area (Å²) in [5.74, 6) is 1.39. The SMILES string of the molecule is COc1ccc(C)cc1CCN=C(N)NC(C)(C)C. The van der Waals surface area contributed by atoms with Crippen molar-refractivity contribution in [2.45, 2.75) is 39.7 Å². The van der Waals surface area contributed by atoms with Gasteiger partial charge in [0.15, 0.2) is 5.96 Å². The van der Waals surface area contributed by atoms with Crippen molar-refractivity contribution in [3.05, 3.63) is 29.3 Å². The van der Waals surface area contributed by atoms with E-state index in [2.05, 4.69) is 44.1 Å². The molecule has 3 N–H and O–H groups in total. The topological polar surface area (TPSA) is 59.6 Å². The number of nitrogens with one attached hydrogen (secondary N) is 1. The van der Waals surface area contributed by atoms with Crippen LogP contribution in [-0.2, 0) is 6.42 Å². The zero-order valence-electron chi connectivity index (χ0n) is 12.6. The Labute approximate surface area is 116 Å². The van der Waals surface area contributed by atoms with Gasteiger partial charge in [0.1, 0.15) is 5.75 Å². The van der Waals surface area contributed by atoms with Crippen LogP contribution < -0.4 is 15.8 Å². The molecule has 0 amide bonds. The molecule has 1 aromatic carbocycles. The molecule has 0 spiro atoms. The van der Waals surface area contributed by atoms with Gasteiger partial charge in [-0.1, -0.05) is 17.7 Å². The van der Waals surface area contributed by atoms with E-state index in [0.717, 1.165) is 17.7 Å². The van der Waals surface area contributed by atoms with Crippen LogP contribution in [0.15, 0.2) is 23.2 Å². The van der Waals surface area contributed by atoms with Gasteiger partial charge in [-0.25, -0.2) is 0 Å². The van der Waals surface area contributed by atoms with Crippen LogP contribution in [0.1, 0.15) is 31.9 Å². The third-order valence-corrected chi connectivity index (χ3v) is 2.60. The van der Waals surface area contributed by atoms with Crippen molar-refractivity contribution in [1.82, 2.24) is 5.32 Å². The second-order valence-corrected chi connectivity index (χ2v) is 5.71. The molecule has 0 aromatic heterocycles. The highest BCUT2D eigenvalue weighted by atomic mass is 16.5. The fourth-order valence-electron chi connectivity index (χ4n) is 1.82. The molecule has 19 heavy (non-hydrogen) atoms. The van der Waals surface area contributed by atoms with Crippen LogP contribution in [0.2, 0.25) is 0 Å². The first kappa shape index (κ1) is 15.3. The summed E-state index contributed by atoms with van der Waals surface area (Å²) in [5.41, 5.74) is 8.16. The van der Waals surface area contributed by atoms with E-state index in [9.17, 15) is 0 Å². The second kappa shape index (κ2) is 6.45. The minimum Gasteiger partial charge on any atom is -0.496 e. The Balaban J connectivity index is 2.62. The van der Waals surface area contributed by atoms with Gasteiger partial charge in [-0.2, -0.15) is 0 Å². The first-order valence-corrected chi connectivity index (χ1v) is 6.53. The number of nitrogens with zero attached hydrogens (tertiary/aromatic N) is 1. The number of methoxy groups -OCH3 is 1. The highest BCUT2D eigenvalue weighted by Gasteiger charge is 2.09. The van der Waals surface area contributed by atoms with Gasteiger partial charge >= 0.3 is 0 Å². The van der Waals surface area contributed by atoms with Crippen molar-refractivity contribution in [3.8, 4) is 5.75 Å². The predicted molar refractivity (Wildman–Crippen MR) is 80.8 cm³/mol. The average Bonchev–Trinajstić information content (AvgIpc) is 2.27. The van der Waals surface area contributed by atoms with Gasteiger partial charge in [0.05, 0.1) is 7.11 Å².